The summed E-state index contributed by atoms with van der Waals surface area (Å²) < 4.78 is 5.09. The highest BCUT2D eigenvalue weighted by molar-refractivity contribution is 7.09. The van der Waals surface area contributed by atoms with Gasteiger partial charge < -0.3 is 10.1 Å². The first-order valence-corrected chi connectivity index (χ1v) is 5.61. The molecule has 0 aliphatic carbocycles. The second kappa shape index (κ2) is 4.87. The number of methoxy groups -OCH3 is 1. The minimum Gasteiger partial charge on any atom is -0.383 e. The summed E-state index contributed by atoms with van der Waals surface area (Å²) in [6.45, 7) is 7.10. The SMILES string of the molecule is COCC(C)NC(C)(C)c1nccs1. The van der Waals surface area contributed by atoms with E-state index in [9.17, 15) is 0 Å². The summed E-state index contributed by atoms with van der Waals surface area (Å²) in [4.78, 5) is 4.32. The summed E-state index contributed by atoms with van der Waals surface area (Å²) in [5.41, 5.74) is -0.0773. The summed E-state index contributed by atoms with van der Waals surface area (Å²) in [7, 11) is 1.72. The van der Waals surface area contributed by atoms with Crippen molar-refractivity contribution in [2.45, 2.75) is 32.4 Å². The lowest BCUT2D eigenvalue weighted by molar-refractivity contribution is 0.156. The van der Waals surface area contributed by atoms with Gasteiger partial charge in [0, 0.05) is 24.7 Å². The molecular formula is C10H18N2OS. The topological polar surface area (TPSA) is 34.1 Å². The van der Waals surface area contributed by atoms with Crippen molar-refractivity contribution in [3.63, 3.8) is 0 Å². The molecule has 0 amide bonds. The van der Waals surface area contributed by atoms with Gasteiger partial charge in [0.2, 0.25) is 0 Å². The number of rotatable bonds is 5. The lowest BCUT2D eigenvalue weighted by atomic mass is 10.1. The van der Waals surface area contributed by atoms with E-state index in [0.29, 0.717) is 6.04 Å². The van der Waals surface area contributed by atoms with E-state index >= 15 is 0 Å². The van der Waals surface area contributed by atoms with E-state index in [1.807, 2.05) is 11.6 Å². The van der Waals surface area contributed by atoms with E-state index in [1.54, 1.807) is 18.4 Å². The van der Waals surface area contributed by atoms with Crippen molar-refractivity contribution in [2.75, 3.05) is 13.7 Å². The summed E-state index contributed by atoms with van der Waals surface area (Å²) in [5, 5.41) is 6.59. The van der Waals surface area contributed by atoms with Gasteiger partial charge in [0.1, 0.15) is 5.01 Å². The average Bonchev–Trinajstić information content (AvgIpc) is 2.54. The van der Waals surface area contributed by atoms with Crippen LogP contribution in [0.1, 0.15) is 25.8 Å². The van der Waals surface area contributed by atoms with Gasteiger partial charge in [-0.3, -0.25) is 0 Å². The molecule has 3 nitrogen and oxygen atoms in total. The summed E-state index contributed by atoms with van der Waals surface area (Å²) in [6, 6.07) is 0.332. The molecule has 1 N–H and O–H groups in total. The van der Waals surface area contributed by atoms with Crippen LogP contribution in [0.3, 0.4) is 0 Å². The molecule has 0 radical (unpaired) electrons. The van der Waals surface area contributed by atoms with Crippen LogP contribution in [0.15, 0.2) is 11.6 Å². The fraction of sp³-hybridized carbons (Fsp3) is 0.700. The van der Waals surface area contributed by atoms with E-state index in [-0.39, 0.29) is 5.54 Å². The summed E-state index contributed by atoms with van der Waals surface area (Å²) >= 11 is 1.68. The van der Waals surface area contributed by atoms with Crippen molar-refractivity contribution in [3.05, 3.63) is 16.6 Å². The molecule has 0 saturated carbocycles. The van der Waals surface area contributed by atoms with Gasteiger partial charge in [0.25, 0.3) is 0 Å². The predicted octanol–water partition coefficient (Wildman–Crippen LogP) is 2.00. The Morgan fingerprint density at radius 1 is 1.64 bits per heavy atom. The normalized spacial score (nSPS) is 14.3. The van der Waals surface area contributed by atoms with Gasteiger partial charge in [-0.15, -0.1) is 11.3 Å². The molecular weight excluding hydrogens is 196 g/mol. The third kappa shape index (κ3) is 3.04. The van der Waals surface area contributed by atoms with Crippen LogP contribution < -0.4 is 5.32 Å². The predicted molar refractivity (Wildman–Crippen MR) is 59.6 cm³/mol. The van der Waals surface area contributed by atoms with Crippen LogP contribution in [-0.2, 0) is 10.3 Å². The highest BCUT2D eigenvalue weighted by Crippen LogP contribution is 2.22. The molecule has 0 spiro atoms. The van der Waals surface area contributed by atoms with Gasteiger partial charge in [-0.25, -0.2) is 4.98 Å². The van der Waals surface area contributed by atoms with Gasteiger partial charge in [-0.2, -0.15) is 0 Å². The maximum Gasteiger partial charge on any atom is 0.112 e. The van der Waals surface area contributed by atoms with Crippen LogP contribution in [0.2, 0.25) is 0 Å². The molecule has 1 aromatic rings. The quantitative estimate of drug-likeness (QED) is 0.814. The smallest absolute Gasteiger partial charge is 0.112 e. The van der Waals surface area contributed by atoms with Crippen LogP contribution in [-0.4, -0.2) is 24.7 Å². The zero-order valence-corrected chi connectivity index (χ0v) is 10.0. The van der Waals surface area contributed by atoms with Gasteiger partial charge >= 0.3 is 0 Å². The number of hydrogen-bond donors (Lipinski definition) is 1. The van der Waals surface area contributed by atoms with Crippen molar-refractivity contribution in [3.8, 4) is 0 Å². The minimum atomic E-state index is -0.0773. The van der Waals surface area contributed by atoms with E-state index in [2.05, 4.69) is 31.1 Å². The number of hydrogen-bond acceptors (Lipinski definition) is 4. The molecule has 1 unspecified atom stereocenters. The second-order valence-corrected chi connectivity index (χ2v) is 4.86. The second-order valence-electron chi connectivity index (χ2n) is 3.96. The lowest BCUT2D eigenvalue weighted by Crippen LogP contribution is -2.44. The van der Waals surface area contributed by atoms with Crippen molar-refractivity contribution in [2.24, 2.45) is 0 Å². The Morgan fingerprint density at radius 3 is 2.86 bits per heavy atom. The standard InChI is InChI=1S/C10H18N2OS/c1-8(7-13-4)12-10(2,3)9-11-5-6-14-9/h5-6,8,12H,7H2,1-4H3. The molecule has 1 aromatic heterocycles. The fourth-order valence-electron chi connectivity index (χ4n) is 1.50. The Balaban J connectivity index is 2.58. The average molecular weight is 214 g/mol. The van der Waals surface area contributed by atoms with E-state index in [0.717, 1.165) is 11.6 Å². The number of nitrogens with one attached hydrogen (secondary N) is 1. The Labute approximate surface area is 89.5 Å². The van der Waals surface area contributed by atoms with Gasteiger partial charge in [-0.1, -0.05) is 0 Å². The number of aromatic nitrogens is 1. The van der Waals surface area contributed by atoms with Crippen LogP contribution in [0.4, 0.5) is 0 Å². The Morgan fingerprint density at radius 2 is 2.36 bits per heavy atom. The molecule has 0 saturated heterocycles. The van der Waals surface area contributed by atoms with Crippen molar-refractivity contribution < 1.29 is 4.74 Å². The maximum atomic E-state index is 5.09. The molecule has 14 heavy (non-hydrogen) atoms. The molecule has 0 aliphatic heterocycles. The van der Waals surface area contributed by atoms with Gasteiger partial charge in [-0.05, 0) is 20.8 Å². The number of thiazole rings is 1. The number of nitrogens with zero attached hydrogens (tertiary/aromatic N) is 1. The molecule has 0 bridgehead atoms. The van der Waals surface area contributed by atoms with Crippen molar-refractivity contribution in [1.82, 2.24) is 10.3 Å². The van der Waals surface area contributed by atoms with Crippen LogP contribution in [0.25, 0.3) is 0 Å². The highest BCUT2D eigenvalue weighted by atomic mass is 32.1. The van der Waals surface area contributed by atoms with Crippen molar-refractivity contribution in [1.29, 1.82) is 0 Å². The molecule has 0 aliphatic rings. The van der Waals surface area contributed by atoms with Crippen LogP contribution in [0.5, 0.6) is 0 Å². The highest BCUT2D eigenvalue weighted by Gasteiger charge is 2.24. The zero-order valence-electron chi connectivity index (χ0n) is 9.20. The van der Waals surface area contributed by atoms with Crippen LogP contribution >= 0.6 is 11.3 Å². The van der Waals surface area contributed by atoms with Crippen LogP contribution in [0, 0.1) is 0 Å². The van der Waals surface area contributed by atoms with E-state index in [4.69, 9.17) is 4.74 Å². The lowest BCUT2D eigenvalue weighted by Gasteiger charge is -2.27. The molecule has 1 heterocycles. The minimum absolute atomic E-state index is 0.0773. The largest absolute Gasteiger partial charge is 0.383 e. The van der Waals surface area contributed by atoms with Crippen molar-refractivity contribution >= 4 is 11.3 Å². The molecule has 4 heteroatoms. The van der Waals surface area contributed by atoms with E-state index in [1.165, 1.54) is 0 Å². The maximum absolute atomic E-state index is 5.09. The Hall–Kier alpha value is -0.450. The van der Waals surface area contributed by atoms with E-state index < -0.39 is 0 Å². The first kappa shape index (κ1) is 11.6. The molecule has 1 atom stereocenters. The first-order valence-electron chi connectivity index (χ1n) is 4.73. The zero-order chi connectivity index (χ0) is 10.6. The summed E-state index contributed by atoms with van der Waals surface area (Å²) in [6.07, 6.45) is 1.84. The Kier molecular flexibility index (Phi) is 4.04. The number of ether oxygens (including phenoxy) is 1. The Bertz CT molecular complexity index is 259. The monoisotopic (exact) mass is 214 g/mol. The van der Waals surface area contributed by atoms with Gasteiger partial charge in [0.15, 0.2) is 0 Å². The summed E-state index contributed by atoms with van der Waals surface area (Å²) in [5.74, 6) is 0. The third-order valence-corrected chi connectivity index (χ3v) is 3.09. The fourth-order valence-corrected chi connectivity index (χ4v) is 2.23. The van der Waals surface area contributed by atoms with Gasteiger partial charge in [0.05, 0.1) is 12.1 Å². The first-order chi connectivity index (χ1) is 6.56. The third-order valence-electron chi connectivity index (χ3n) is 1.99. The molecule has 0 aromatic carbocycles. The molecule has 1 rings (SSSR count). The molecule has 0 fully saturated rings. The molecule has 80 valence electrons.